The second-order valence-electron chi connectivity index (χ2n) is 7.54. The minimum absolute atomic E-state index is 0.114. The first-order valence-corrected chi connectivity index (χ1v) is 10.2. The molecule has 1 aromatic heterocycles. The molecule has 2 aromatic carbocycles. The molecular weight excluding hydrogens is 360 g/mol. The lowest BCUT2D eigenvalue weighted by molar-refractivity contribution is 0.0706. The molecule has 3 aromatic rings. The highest BCUT2D eigenvalue weighted by Crippen LogP contribution is 2.27. The molecule has 1 aliphatic heterocycles. The average Bonchev–Trinajstić information content (AvgIpc) is 2.79. The number of piperidine rings is 1. The number of rotatable bonds is 5. The van der Waals surface area contributed by atoms with Crippen molar-refractivity contribution in [2.75, 3.05) is 20.2 Å². The number of benzene rings is 2. The van der Waals surface area contributed by atoms with Crippen LogP contribution in [-0.2, 0) is 6.42 Å². The summed E-state index contributed by atoms with van der Waals surface area (Å²) >= 11 is 0. The number of pyridine rings is 1. The molecule has 0 N–H and O–H groups in total. The number of ether oxygens (including phenoxy) is 1. The van der Waals surface area contributed by atoms with Gasteiger partial charge in [0.25, 0.3) is 5.91 Å². The predicted octanol–water partition coefficient (Wildman–Crippen LogP) is 4.70. The van der Waals surface area contributed by atoms with Gasteiger partial charge in [0.15, 0.2) is 0 Å². The van der Waals surface area contributed by atoms with Gasteiger partial charge in [-0.1, -0.05) is 36.4 Å². The Labute approximate surface area is 172 Å². The van der Waals surface area contributed by atoms with Crippen molar-refractivity contribution in [2.24, 2.45) is 0 Å². The molecule has 148 valence electrons. The van der Waals surface area contributed by atoms with Crippen LogP contribution in [-0.4, -0.2) is 36.0 Å². The minimum atomic E-state index is 0.114. The van der Waals surface area contributed by atoms with E-state index < -0.39 is 0 Å². The average molecular weight is 386 g/mol. The van der Waals surface area contributed by atoms with E-state index in [0.717, 1.165) is 55.1 Å². The van der Waals surface area contributed by atoms with Crippen LogP contribution in [0.1, 0.15) is 46.1 Å². The largest absolute Gasteiger partial charge is 0.497 e. The molecule has 4 nitrogen and oxygen atoms in total. The Hall–Kier alpha value is -3.14. The Morgan fingerprint density at radius 1 is 1.07 bits per heavy atom. The smallest absolute Gasteiger partial charge is 0.253 e. The first-order chi connectivity index (χ1) is 14.2. The highest BCUT2D eigenvalue weighted by Gasteiger charge is 2.26. The lowest BCUT2D eigenvalue weighted by Crippen LogP contribution is -2.39. The van der Waals surface area contributed by atoms with Crippen LogP contribution in [0.3, 0.4) is 0 Å². The molecule has 4 heteroatoms. The van der Waals surface area contributed by atoms with E-state index in [4.69, 9.17) is 9.72 Å². The summed E-state index contributed by atoms with van der Waals surface area (Å²) in [6.07, 6.45) is 2.84. The van der Waals surface area contributed by atoms with Crippen molar-refractivity contribution in [1.82, 2.24) is 9.88 Å². The minimum Gasteiger partial charge on any atom is -0.497 e. The van der Waals surface area contributed by atoms with Gasteiger partial charge in [0.05, 0.1) is 7.11 Å². The normalized spacial score (nSPS) is 16.4. The van der Waals surface area contributed by atoms with Crippen LogP contribution in [0.25, 0.3) is 0 Å². The van der Waals surface area contributed by atoms with Crippen LogP contribution in [0.2, 0.25) is 0 Å². The molecule has 1 amide bonds. The Kier molecular flexibility index (Phi) is 5.89. The lowest BCUT2D eigenvalue weighted by atomic mass is 9.93. The maximum atomic E-state index is 12.8. The molecule has 0 bridgehead atoms. The van der Waals surface area contributed by atoms with Crippen LogP contribution in [0.5, 0.6) is 5.75 Å². The van der Waals surface area contributed by atoms with Gasteiger partial charge in [-0.05, 0) is 54.8 Å². The summed E-state index contributed by atoms with van der Waals surface area (Å²) in [5, 5.41) is 0. The number of likely N-dealkylation sites (tertiary alicyclic amines) is 1. The van der Waals surface area contributed by atoms with Crippen molar-refractivity contribution in [2.45, 2.75) is 25.2 Å². The molecule has 1 aliphatic rings. The number of aromatic nitrogens is 1. The first kappa shape index (κ1) is 19.2. The first-order valence-electron chi connectivity index (χ1n) is 10.2. The summed E-state index contributed by atoms with van der Waals surface area (Å²) in [4.78, 5) is 19.7. The monoisotopic (exact) mass is 386 g/mol. The zero-order valence-electron chi connectivity index (χ0n) is 16.8. The number of amides is 1. The topological polar surface area (TPSA) is 42.4 Å². The quantitative estimate of drug-likeness (QED) is 0.638. The molecule has 0 radical (unpaired) electrons. The third kappa shape index (κ3) is 4.65. The summed E-state index contributed by atoms with van der Waals surface area (Å²) in [5.74, 6) is 1.26. The van der Waals surface area contributed by atoms with Gasteiger partial charge in [-0.3, -0.25) is 9.78 Å². The number of nitrogens with zero attached hydrogens (tertiary/aromatic N) is 2. The number of hydrogen-bond donors (Lipinski definition) is 0. The van der Waals surface area contributed by atoms with Crippen molar-refractivity contribution in [1.29, 1.82) is 0 Å². The van der Waals surface area contributed by atoms with Crippen molar-refractivity contribution in [3.8, 4) is 5.75 Å². The zero-order valence-corrected chi connectivity index (χ0v) is 16.8. The van der Waals surface area contributed by atoms with Gasteiger partial charge in [0, 0.05) is 42.4 Å². The van der Waals surface area contributed by atoms with Gasteiger partial charge in [-0.15, -0.1) is 0 Å². The van der Waals surface area contributed by atoms with Crippen molar-refractivity contribution >= 4 is 5.91 Å². The lowest BCUT2D eigenvalue weighted by Gasteiger charge is -2.32. The van der Waals surface area contributed by atoms with E-state index in [1.165, 1.54) is 5.56 Å². The van der Waals surface area contributed by atoms with E-state index in [0.29, 0.717) is 0 Å². The van der Waals surface area contributed by atoms with E-state index in [2.05, 4.69) is 30.3 Å². The second-order valence-corrected chi connectivity index (χ2v) is 7.54. The number of methoxy groups -OCH3 is 1. The van der Waals surface area contributed by atoms with Gasteiger partial charge in [-0.2, -0.15) is 0 Å². The van der Waals surface area contributed by atoms with E-state index in [1.54, 1.807) is 7.11 Å². The molecule has 29 heavy (non-hydrogen) atoms. The molecule has 1 atom stereocenters. The van der Waals surface area contributed by atoms with Crippen LogP contribution >= 0.6 is 0 Å². The van der Waals surface area contributed by atoms with Crippen LogP contribution < -0.4 is 4.74 Å². The van der Waals surface area contributed by atoms with E-state index in [1.807, 2.05) is 47.4 Å². The van der Waals surface area contributed by atoms with E-state index in [-0.39, 0.29) is 11.8 Å². The number of hydrogen-bond acceptors (Lipinski definition) is 3. The highest BCUT2D eigenvalue weighted by atomic mass is 16.5. The fraction of sp³-hybridized carbons (Fsp3) is 0.280. The maximum absolute atomic E-state index is 12.8. The van der Waals surface area contributed by atoms with E-state index in [9.17, 15) is 4.79 Å². The fourth-order valence-corrected chi connectivity index (χ4v) is 3.98. The maximum Gasteiger partial charge on any atom is 0.253 e. The molecule has 1 saturated heterocycles. The third-order valence-electron chi connectivity index (χ3n) is 5.50. The van der Waals surface area contributed by atoms with Crippen LogP contribution in [0, 0.1) is 0 Å². The van der Waals surface area contributed by atoms with E-state index >= 15 is 0 Å². The second kappa shape index (κ2) is 8.91. The molecule has 2 heterocycles. The predicted molar refractivity (Wildman–Crippen MR) is 114 cm³/mol. The molecule has 0 unspecified atom stereocenters. The van der Waals surface area contributed by atoms with Gasteiger partial charge >= 0.3 is 0 Å². The van der Waals surface area contributed by atoms with Crippen molar-refractivity contribution < 1.29 is 9.53 Å². The molecule has 4 rings (SSSR count). The Balaban J connectivity index is 1.48. The Morgan fingerprint density at radius 2 is 1.90 bits per heavy atom. The van der Waals surface area contributed by atoms with Gasteiger partial charge < -0.3 is 9.64 Å². The van der Waals surface area contributed by atoms with Gasteiger partial charge in [-0.25, -0.2) is 0 Å². The third-order valence-corrected chi connectivity index (χ3v) is 5.50. The number of carbonyl (C=O) groups is 1. The molecule has 0 aliphatic carbocycles. The number of carbonyl (C=O) groups excluding carboxylic acids is 1. The SMILES string of the molecule is COc1cccc(Cc2cccc([C@H]3CCCN(C(=O)c4ccccc4)C3)n2)c1. The van der Waals surface area contributed by atoms with Gasteiger partial charge in [0.1, 0.15) is 5.75 Å². The molecular formula is C25H26N2O2. The summed E-state index contributed by atoms with van der Waals surface area (Å²) in [6, 6.07) is 23.9. The van der Waals surface area contributed by atoms with Crippen molar-refractivity contribution in [3.05, 3.63) is 95.3 Å². The zero-order chi connectivity index (χ0) is 20.1. The highest BCUT2D eigenvalue weighted by molar-refractivity contribution is 5.94. The molecule has 0 spiro atoms. The van der Waals surface area contributed by atoms with Crippen molar-refractivity contribution in [3.63, 3.8) is 0 Å². The molecule has 0 saturated carbocycles. The summed E-state index contributed by atoms with van der Waals surface area (Å²) in [6.45, 7) is 1.54. The fourth-order valence-electron chi connectivity index (χ4n) is 3.98. The summed E-state index contributed by atoms with van der Waals surface area (Å²) in [5.41, 5.74) is 4.06. The summed E-state index contributed by atoms with van der Waals surface area (Å²) in [7, 11) is 1.68. The van der Waals surface area contributed by atoms with Crippen LogP contribution in [0.15, 0.2) is 72.8 Å². The Bertz CT molecular complexity index is 971. The van der Waals surface area contributed by atoms with Gasteiger partial charge in [0.2, 0.25) is 0 Å². The summed E-state index contributed by atoms with van der Waals surface area (Å²) < 4.78 is 5.32. The Morgan fingerprint density at radius 3 is 2.72 bits per heavy atom. The van der Waals surface area contributed by atoms with Crippen LogP contribution in [0.4, 0.5) is 0 Å². The standard InChI is InChI=1S/C25H26N2O2/c1-29-23-13-5-8-19(17-23)16-22-12-6-14-24(26-22)21-11-7-15-27(18-21)25(28)20-9-3-2-4-10-20/h2-6,8-10,12-14,17,21H,7,11,15-16,18H2,1H3/t21-/m0/s1. The molecule has 1 fully saturated rings.